The van der Waals surface area contributed by atoms with Crippen LogP contribution in [0.15, 0.2) is 60.7 Å². The lowest BCUT2D eigenvalue weighted by molar-refractivity contribution is -0.144. The van der Waals surface area contributed by atoms with Gasteiger partial charge in [0.2, 0.25) is 5.91 Å². The molecule has 0 spiro atoms. The van der Waals surface area contributed by atoms with Gasteiger partial charge in [0.15, 0.2) is 0 Å². The van der Waals surface area contributed by atoms with Crippen LogP contribution in [0.5, 0.6) is 0 Å². The fourth-order valence-corrected chi connectivity index (χ4v) is 3.24. The van der Waals surface area contributed by atoms with Crippen molar-refractivity contribution in [2.75, 3.05) is 19.7 Å². The average Bonchev–Trinajstić information content (AvgIpc) is 3.32. The molecule has 1 heterocycles. The monoisotopic (exact) mass is 439 g/mol. The number of nitrogens with two attached hydrogens (primary N) is 1. The van der Waals surface area contributed by atoms with Crippen LogP contribution in [0.3, 0.4) is 0 Å². The van der Waals surface area contributed by atoms with Crippen molar-refractivity contribution < 1.29 is 23.9 Å². The predicted molar refractivity (Wildman–Crippen MR) is 121 cm³/mol. The van der Waals surface area contributed by atoms with E-state index in [1.165, 1.54) is 12.1 Å². The first-order chi connectivity index (χ1) is 15.3. The van der Waals surface area contributed by atoms with Gasteiger partial charge in [-0.15, -0.1) is 0 Å². The molecule has 0 aliphatic carbocycles. The summed E-state index contributed by atoms with van der Waals surface area (Å²) in [6, 6.07) is 4.90. The molecule has 3 N–H and O–H groups in total. The lowest BCUT2D eigenvalue weighted by Gasteiger charge is -2.16. The molecule has 1 aliphatic rings. The zero-order valence-electron chi connectivity index (χ0n) is 18.2. The zero-order chi connectivity index (χ0) is 23.5. The number of carbonyl (C=O) groups is 4. The Morgan fingerprint density at radius 1 is 1.16 bits per heavy atom. The molecular weight excluding hydrogens is 410 g/mol. The minimum absolute atomic E-state index is 0.00112. The minimum Gasteiger partial charge on any atom is -0.461 e. The Labute approximate surface area is 187 Å². The summed E-state index contributed by atoms with van der Waals surface area (Å²) < 4.78 is 5.16. The van der Waals surface area contributed by atoms with Crippen LogP contribution in [-0.2, 0) is 14.3 Å². The summed E-state index contributed by atoms with van der Waals surface area (Å²) >= 11 is 0. The van der Waals surface area contributed by atoms with Gasteiger partial charge < -0.3 is 20.7 Å². The summed E-state index contributed by atoms with van der Waals surface area (Å²) in [6.07, 6.45) is 8.40. The van der Waals surface area contributed by atoms with E-state index in [1.54, 1.807) is 41.3 Å². The van der Waals surface area contributed by atoms with Crippen LogP contribution in [-0.4, -0.2) is 54.3 Å². The first-order valence-corrected chi connectivity index (χ1v) is 10.4. The lowest BCUT2D eigenvalue weighted by Crippen LogP contribution is -2.46. The number of esters is 1. The topological polar surface area (TPSA) is 119 Å². The highest BCUT2D eigenvalue weighted by molar-refractivity contribution is 6.00. The molecule has 1 saturated heterocycles. The highest BCUT2D eigenvalue weighted by Crippen LogP contribution is 2.14. The molecule has 0 aromatic heterocycles. The van der Waals surface area contributed by atoms with Crippen molar-refractivity contribution in [2.24, 2.45) is 5.73 Å². The van der Waals surface area contributed by atoms with E-state index in [0.717, 1.165) is 31.5 Å². The molecule has 1 aromatic carbocycles. The van der Waals surface area contributed by atoms with E-state index in [9.17, 15) is 19.2 Å². The number of rotatable bonds is 10. The van der Waals surface area contributed by atoms with Crippen LogP contribution in [0.2, 0.25) is 0 Å². The van der Waals surface area contributed by atoms with Crippen molar-refractivity contribution in [2.45, 2.75) is 32.2 Å². The molecule has 8 heteroatoms. The Hall–Kier alpha value is -3.68. The molecule has 1 aliphatic heterocycles. The van der Waals surface area contributed by atoms with Crippen LogP contribution >= 0.6 is 0 Å². The normalized spacial score (nSPS) is 14.8. The van der Waals surface area contributed by atoms with Gasteiger partial charge in [-0.2, -0.15) is 0 Å². The van der Waals surface area contributed by atoms with E-state index in [1.807, 2.05) is 6.92 Å². The second-order valence-corrected chi connectivity index (χ2v) is 7.35. The number of primary amides is 1. The molecule has 170 valence electrons. The summed E-state index contributed by atoms with van der Waals surface area (Å²) in [7, 11) is 0. The molecule has 0 bridgehead atoms. The fourth-order valence-electron chi connectivity index (χ4n) is 3.24. The molecule has 3 amide bonds. The van der Waals surface area contributed by atoms with Crippen molar-refractivity contribution in [3.8, 4) is 0 Å². The molecule has 2 rings (SSSR count). The van der Waals surface area contributed by atoms with Crippen LogP contribution in [0.25, 0.3) is 0 Å². The number of allylic oxidation sites excluding steroid dienone is 3. The van der Waals surface area contributed by atoms with E-state index in [0.29, 0.717) is 5.56 Å². The molecule has 0 unspecified atom stereocenters. The van der Waals surface area contributed by atoms with E-state index in [2.05, 4.69) is 11.9 Å². The first-order valence-electron chi connectivity index (χ1n) is 10.4. The Balaban J connectivity index is 1.95. The minimum atomic E-state index is -1.23. The van der Waals surface area contributed by atoms with Gasteiger partial charge in [-0.25, -0.2) is 0 Å². The van der Waals surface area contributed by atoms with Crippen molar-refractivity contribution in [1.29, 1.82) is 0 Å². The number of hydrogen-bond acceptors (Lipinski definition) is 5. The van der Waals surface area contributed by atoms with Crippen molar-refractivity contribution in [3.63, 3.8) is 0 Å². The van der Waals surface area contributed by atoms with Gasteiger partial charge in [-0.3, -0.25) is 19.2 Å². The number of hydrogen-bond donors (Lipinski definition) is 2. The molecule has 0 saturated carbocycles. The molecule has 32 heavy (non-hydrogen) atoms. The predicted octanol–water partition coefficient (Wildman–Crippen LogP) is 2.13. The second-order valence-electron chi connectivity index (χ2n) is 7.35. The maximum Gasteiger partial charge on any atom is 0.308 e. The van der Waals surface area contributed by atoms with Crippen molar-refractivity contribution in [3.05, 3.63) is 71.8 Å². The summed E-state index contributed by atoms with van der Waals surface area (Å²) in [5.41, 5.74) is 6.80. The maximum atomic E-state index is 12.5. The smallest absolute Gasteiger partial charge is 0.308 e. The van der Waals surface area contributed by atoms with Crippen molar-refractivity contribution in [1.82, 2.24) is 10.2 Å². The summed E-state index contributed by atoms with van der Waals surface area (Å²) in [5, 5.41) is 2.45. The average molecular weight is 440 g/mol. The number of benzene rings is 1. The molecular formula is C24H29N3O5. The molecule has 0 radical (unpaired) electrons. The molecule has 8 nitrogen and oxygen atoms in total. The van der Waals surface area contributed by atoms with E-state index in [-0.39, 0.29) is 18.1 Å². The van der Waals surface area contributed by atoms with Crippen molar-refractivity contribution >= 4 is 23.7 Å². The van der Waals surface area contributed by atoms with E-state index in [4.69, 9.17) is 10.5 Å². The second kappa shape index (κ2) is 12.2. The first kappa shape index (κ1) is 24.6. The Kier molecular flexibility index (Phi) is 9.41. The maximum absolute atomic E-state index is 12.5. The third-order valence-electron chi connectivity index (χ3n) is 4.92. The standard InChI is InChI=1S/C24H29N3O5/c1-3-7-17(8-4-2)16-32-21(28)15-20(22(25)29)26-23(30)18-9-11-19(12-10-18)24(31)27-13-5-6-14-27/h3-4,7-12,20H,1,5-6,13-16H2,2H3,(H2,25,29)(H,26,30)/b8-4-,17-7+/t20-/m1/s1. The molecule has 1 aromatic rings. The van der Waals surface area contributed by atoms with Gasteiger partial charge in [0, 0.05) is 24.2 Å². The van der Waals surface area contributed by atoms with E-state index >= 15 is 0 Å². The number of amides is 3. The summed E-state index contributed by atoms with van der Waals surface area (Å²) in [5.74, 6) is -2.19. The highest BCUT2D eigenvalue weighted by Gasteiger charge is 2.24. The van der Waals surface area contributed by atoms with Gasteiger partial charge in [-0.1, -0.05) is 30.9 Å². The summed E-state index contributed by atoms with van der Waals surface area (Å²) in [6.45, 7) is 6.89. The number of nitrogens with one attached hydrogen (secondary N) is 1. The van der Waals surface area contributed by atoms with Crippen LogP contribution in [0.1, 0.15) is 46.9 Å². The Morgan fingerprint density at radius 3 is 2.34 bits per heavy atom. The van der Waals surface area contributed by atoms with Gasteiger partial charge in [0.05, 0.1) is 6.42 Å². The van der Waals surface area contributed by atoms with Gasteiger partial charge in [0.25, 0.3) is 11.8 Å². The zero-order valence-corrected chi connectivity index (χ0v) is 18.2. The number of carbonyl (C=O) groups excluding carboxylic acids is 4. The van der Waals surface area contributed by atoms with Crippen LogP contribution in [0.4, 0.5) is 0 Å². The third-order valence-corrected chi connectivity index (χ3v) is 4.92. The van der Waals surface area contributed by atoms with Gasteiger partial charge in [-0.05, 0) is 49.6 Å². The number of likely N-dealkylation sites (tertiary alicyclic amines) is 1. The Bertz CT molecular complexity index is 912. The van der Waals surface area contributed by atoms with Gasteiger partial charge >= 0.3 is 5.97 Å². The molecule has 1 fully saturated rings. The third kappa shape index (κ3) is 7.23. The van der Waals surface area contributed by atoms with E-state index < -0.39 is 30.2 Å². The summed E-state index contributed by atoms with van der Waals surface area (Å²) in [4.78, 5) is 50.6. The highest BCUT2D eigenvalue weighted by atomic mass is 16.5. The quantitative estimate of drug-likeness (QED) is 0.428. The fraction of sp³-hybridized carbons (Fsp3) is 0.333. The van der Waals surface area contributed by atoms with Crippen LogP contribution < -0.4 is 11.1 Å². The lowest BCUT2D eigenvalue weighted by atomic mass is 10.1. The SMILES string of the molecule is C=C/C=C(\C=C/C)COC(=O)C[C@@H](NC(=O)c1ccc(C(=O)N2CCCC2)cc1)C(N)=O. The molecule has 1 atom stereocenters. The van der Waals surface area contributed by atoms with Gasteiger partial charge in [0.1, 0.15) is 12.6 Å². The Morgan fingerprint density at radius 2 is 1.78 bits per heavy atom. The largest absolute Gasteiger partial charge is 0.461 e. The number of nitrogens with zero attached hydrogens (tertiary/aromatic N) is 1. The van der Waals surface area contributed by atoms with Crippen LogP contribution in [0, 0.1) is 0 Å². The number of ether oxygens (including phenoxy) is 1.